The van der Waals surface area contributed by atoms with Crippen LogP contribution in [0.1, 0.15) is 0 Å². The highest BCUT2D eigenvalue weighted by Crippen LogP contribution is 2.67. The van der Waals surface area contributed by atoms with Gasteiger partial charge in [0.2, 0.25) is 5.96 Å². The predicted molar refractivity (Wildman–Crippen MR) is 123 cm³/mol. The maximum absolute atomic E-state index is 5.34. The quantitative estimate of drug-likeness (QED) is 0.440. The molecule has 2 aromatic rings. The van der Waals surface area contributed by atoms with Gasteiger partial charge in [0.15, 0.2) is 7.51 Å². The van der Waals surface area contributed by atoms with Crippen molar-refractivity contribution in [2.24, 2.45) is 9.74 Å². The van der Waals surface area contributed by atoms with Gasteiger partial charge in [-0.1, -0.05) is 18.2 Å². The average Bonchev–Trinajstić information content (AvgIpc) is 2.93. The Bertz CT molecular complexity index is 954. The molecule has 0 unspecified atom stereocenters. The first-order valence-electron chi connectivity index (χ1n) is 9.32. The SMILES string of the molecule is CN(C)C(=Nc1cccc2ccc3c(c12)N=P(N(C)C)(N(C)C)N3C)N(C)C. The van der Waals surface area contributed by atoms with Crippen LogP contribution in [0.4, 0.5) is 17.1 Å². The molecule has 0 bridgehead atoms. The van der Waals surface area contributed by atoms with Crippen LogP contribution in [0.15, 0.2) is 40.1 Å². The van der Waals surface area contributed by atoms with Crippen LogP contribution in [0.3, 0.4) is 0 Å². The van der Waals surface area contributed by atoms with Crippen molar-refractivity contribution in [3.05, 3.63) is 30.3 Å². The van der Waals surface area contributed by atoms with Gasteiger partial charge in [0.25, 0.3) is 0 Å². The Labute approximate surface area is 169 Å². The highest BCUT2D eigenvalue weighted by Gasteiger charge is 2.38. The second-order valence-corrected chi connectivity index (χ2v) is 11.3. The number of benzene rings is 2. The zero-order chi connectivity index (χ0) is 20.8. The molecule has 0 aliphatic carbocycles. The highest BCUT2D eigenvalue weighted by molar-refractivity contribution is 7.63. The molecule has 1 aliphatic heterocycles. The van der Waals surface area contributed by atoms with Gasteiger partial charge in [0, 0.05) is 40.6 Å². The summed E-state index contributed by atoms with van der Waals surface area (Å²) in [7, 11) is 16.6. The third kappa shape index (κ3) is 3.08. The van der Waals surface area contributed by atoms with Gasteiger partial charge >= 0.3 is 0 Å². The summed E-state index contributed by atoms with van der Waals surface area (Å²) in [5.41, 5.74) is 3.13. The summed E-state index contributed by atoms with van der Waals surface area (Å²) in [5.74, 6) is 0.901. The monoisotopic (exact) mass is 401 g/mol. The molecule has 0 amide bonds. The third-order valence-electron chi connectivity index (χ3n) is 5.05. The summed E-state index contributed by atoms with van der Waals surface area (Å²) in [5, 5.41) is 2.27. The molecule has 0 fully saturated rings. The molecular formula is C20H32N7P. The van der Waals surface area contributed by atoms with Gasteiger partial charge in [-0.15, -0.1) is 0 Å². The predicted octanol–water partition coefficient (Wildman–Crippen LogP) is 4.10. The topological polar surface area (TPSA) is 40.9 Å². The van der Waals surface area contributed by atoms with Crippen LogP contribution >= 0.6 is 7.51 Å². The van der Waals surface area contributed by atoms with E-state index < -0.39 is 7.51 Å². The van der Waals surface area contributed by atoms with E-state index in [1.165, 1.54) is 0 Å². The van der Waals surface area contributed by atoms with Crippen LogP contribution in [0.25, 0.3) is 10.8 Å². The standard InChI is InChI=1S/C20H32N7P/c1-23(2)20(24(3)4)21-16-12-10-11-15-13-14-17-19(18(15)16)22-28(25(5)6,26(7)8)27(17)9/h10-14H,1-9H3. The second-order valence-electron chi connectivity index (χ2n) is 7.86. The lowest BCUT2D eigenvalue weighted by Gasteiger charge is -2.39. The first-order chi connectivity index (χ1) is 13.1. The van der Waals surface area contributed by atoms with E-state index in [-0.39, 0.29) is 0 Å². The van der Waals surface area contributed by atoms with Crippen molar-refractivity contribution in [2.45, 2.75) is 0 Å². The maximum atomic E-state index is 5.34. The molecule has 8 heteroatoms. The van der Waals surface area contributed by atoms with Gasteiger partial charge in [-0.2, -0.15) is 0 Å². The van der Waals surface area contributed by atoms with Gasteiger partial charge in [0.1, 0.15) is 0 Å². The van der Waals surface area contributed by atoms with Crippen molar-refractivity contribution in [1.82, 2.24) is 19.1 Å². The molecule has 0 saturated carbocycles. The number of guanidine groups is 1. The first-order valence-corrected chi connectivity index (χ1v) is 10.9. The minimum atomic E-state index is -2.00. The average molecular weight is 401 g/mol. The maximum Gasteiger partial charge on any atom is 0.200 e. The highest BCUT2D eigenvalue weighted by atomic mass is 31.2. The molecule has 0 saturated heterocycles. The van der Waals surface area contributed by atoms with E-state index in [1.54, 1.807) is 0 Å². The normalized spacial score (nSPS) is 15.0. The molecule has 1 heterocycles. The Morgan fingerprint density at radius 1 is 0.893 bits per heavy atom. The van der Waals surface area contributed by atoms with E-state index in [4.69, 9.17) is 9.74 Å². The summed E-state index contributed by atoms with van der Waals surface area (Å²) in [4.78, 5) is 9.06. The number of fused-ring (bicyclic) bond motifs is 3. The van der Waals surface area contributed by atoms with E-state index in [9.17, 15) is 0 Å². The molecule has 7 nitrogen and oxygen atoms in total. The Balaban J connectivity index is 2.37. The van der Waals surface area contributed by atoms with Gasteiger partial charge < -0.3 is 14.5 Å². The van der Waals surface area contributed by atoms with Gasteiger partial charge in [0.05, 0.1) is 17.1 Å². The minimum absolute atomic E-state index is 0.901. The summed E-state index contributed by atoms with van der Waals surface area (Å²) in [6, 6.07) is 10.6. The van der Waals surface area contributed by atoms with E-state index >= 15 is 0 Å². The Morgan fingerprint density at radius 2 is 1.50 bits per heavy atom. The molecule has 2 aromatic carbocycles. The molecule has 0 spiro atoms. The van der Waals surface area contributed by atoms with Crippen LogP contribution in [0.2, 0.25) is 0 Å². The molecule has 3 rings (SSSR count). The molecular weight excluding hydrogens is 369 g/mol. The number of hydrogen-bond acceptors (Lipinski definition) is 5. The van der Waals surface area contributed by atoms with E-state index in [2.05, 4.69) is 79.6 Å². The molecule has 152 valence electrons. The number of hydrogen-bond donors (Lipinski definition) is 0. The fraction of sp³-hybridized carbons (Fsp3) is 0.450. The summed E-state index contributed by atoms with van der Waals surface area (Å²) < 4.78 is 12.2. The Hall–Kier alpha value is -2.08. The van der Waals surface area contributed by atoms with E-state index in [1.807, 2.05) is 38.0 Å². The summed E-state index contributed by atoms with van der Waals surface area (Å²) in [6.07, 6.45) is 0. The zero-order valence-electron chi connectivity index (χ0n) is 18.5. The van der Waals surface area contributed by atoms with E-state index in [0.29, 0.717) is 0 Å². The van der Waals surface area contributed by atoms with Crippen LogP contribution in [-0.2, 0) is 0 Å². The molecule has 0 atom stereocenters. The molecule has 0 N–H and O–H groups in total. The van der Waals surface area contributed by atoms with Crippen molar-refractivity contribution in [2.75, 3.05) is 68.1 Å². The fourth-order valence-electron chi connectivity index (χ4n) is 3.91. The second kappa shape index (κ2) is 7.39. The van der Waals surface area contributed by atoms with Gasteiger partial charge in [-0.05, 0) is 45.7 Å². The largest absolute Gasteiger partial charge is 0.349 e. The molecule has 28 heavy (non-hydrogen) atoms. The lowest BCUT2D eigenvalue weighted by Crippen LogP contribution is -2.35. The molecule has 0 aromatic heterocycles. The number of rotatable bonds is 3. The molecule has 0 radical (unpaired) electrons. The summed E-state index contributed by atoms with van der Waals surface area (Å²) in [6.45, 7) is 0. The number of anilines is 1. The first kappa shape index (κ1) is 20.6. The van der Waals surface area contributed by atoms with Crippen molar-refractivity contribution >= 4 is 41.3 Å². The lowest BCUT2D eigenvalue weighted by molar-refractivity contribution is 0.484. The third-order valence-corrected chi connectivity index (χ3v) is 8.69. The zero-order valence-corrected chi connectivity index (χ0v) is 19.4. The van der Waals surface area contributed by atoms with Crippen molar-refractivity contribution in [3.63, 3.8) is 0 Å². The van der Waals surface area contributed by atoms with Crippen LogP contribution in [-0.4, -0.2) is 88.5 Å². The fourth-order valence-corrected chi connectivity index (χ4v) is 7.11. The van der Waals surface area contributed by atoms with Crippen molar-refractivity contribution < 1.29 is 0 Å². The minimum Gasteiger partial charge on any atom is -0.349 e. The van der Waals surface area contributed by atoms with Gasteiger partial charge in [-0.3, -0.25) is 0 Å². The number of aliphatic imine (C=N–C) groups is 1. The van der Waals surface area contributed by atoms with Crippen molar-refractivity contribution in [1.29, 1.82) is 0 Å². The Morgan fingerprint density at radius 3 is 2.04 bits per heavy atom. The Kier molecular flexibility index (Phi) is 5.45. The van der Waals surface area contributed by atoms with Crippen LogP contribution in [0.5, 0.6) is 0 Å². The van der Waals surface area contributed by atoms with E-state index in [0.717, 1.165) is 33.8 Å². The van der Waals surface area contributed by atoms with Gasteiger partial charge in [-0.25, -0.2) is 19.1 Å². The molecule has 1 aliphatic rings. The number of nitrogens with zero attached hydrogens (tertiary/aromatic N) is 7. The lowest BCUT2D eigenvalue weighted by atomic mass is 10.1. The smallest absolute Gasteiger partial charge is 0.200 e. The van der Waals surface area contributed by atoms with Crippen LogP contribution < -0.4 is 4.67 Å². The van der Waals surface area contributed by atoms with Crippen LogP contribution in [0, 0.1) is 0 Å². The summed E-state index contributed by atoms with van der Waals surface area (Å²) >= 11 is 0. The van der Waals surface area contributed by atoms with Crippen molar-refractivity contribution in [3.8, 4) is 0 Å².